The van der Waals surface area contributed by atoms with Gasteiger partial charge in [-0.1, -0.05) is 6.08 Å². The Morgan fingerprint density at radius 1 is 1.77 bits per heavy atom. The van der Waals surface area contributed by atoms with Crippen molar-refractivity contribution in [2.24, 2.45) is 5.73 Å². The maximum absolute atomic E-state index is 10.7. The predicted octanol–water partition coefficient (Wildman–Crippen LogP) is 0.333. The number of allylic oxidation sites excluding steroid dienone is 1. The smallest absolute Gasteiger partial charge is 0.270 e. The van der Waals surface area contributed by atoms with Crippen LogP contribution in [0.5, 0.6) is 5.75 Å². The SMILES string of the molecule is C=CCCc1n[nH]c(C(N)=O)c1O. The van der Waals surface area contributed by atoms with Crippen LogP contribution in [0.3, 0.4) is 0 Å². The fourth-order valence-electron chi connectivity index (χ4n) is 0.958. The highest BCUT2D eigenvalue weighted by Gasteiger charge is 2.14. The first-order chi connectivity index (χ1) is 6.16. The number of H-pyrrole nitrogens is 1. The Morgan fingerprint density at radius 2 is 2.46 bits per heavy atom. The summed E-state index contributed by atoms with van der Waals surface area (Å²) in [4.78, 5) is 10.7. The van der Waals surface area contributed by atoms with E-state index in [0.29, 0.717) is 18.5 Å². The summed E-state index contributed by atoms with van der Waals surface area (Å²) in [6.45, 7) is 3.54. The summed E-state index contributed by atoms with van der Waals surface area (Å²) < 4.78 is 0. The van der Waals surface area contributed by atoms with Gasteiger partial charge in [0.1, 0.15) is 5.69 Å². The third-order valence-electron chi connectivity index (χ3n) is 1.64. The number of aromatic amines is 1. The van der Waals surface area contributed by atoms with E-state index in [1.54, 1.807) is 6.08 Å². The van der Waals surface area contributed by atoms with Crippen LogP contribution < -0.4 is 5.73 Å². The molecule has 4 N–H and O–H groups in total. The van der Waals surface area contributed by atoms with Crippen LogP contribution in [-0.2, 0) is 6.42 Å². The molecule has 0 aliphatic heterocycles. The number of carbonyl (C=O) groups is 1. The molecule has 5 heteroatoms. The quantitative estimate of drug-likeness (QED) is 0.584. The van der Waals surface area contributed by atoms with E-state index in [0.717, 1.165) is 0 Å². The number of nitrogens with two attached hydrogens (primary N) is 1. The van der Waals surface area contributed by atoms with Crippen molar-refractivity contribution in [1.82, 2.24) is 10.2 Å². The minimum atomic E-state index is -0.713. The van der Waals surface area contributed by atoms with Crippen LogP contribution in [0.2, 0.25) is 0 Å². The van der Waals surface area contributed by atoms with Gasteiger partial charge in [-0.15, -0.1) is 6.58 Å². The number of hydrogen-bond donors (Lipinski definition) is 3. The first-order valence-electron chi connectivity index (χ1n) is 3.83. The molecular formula is C8H11N3O2. The highest BCUT2D eigenvalue weighted by Crippen LogP contribution is 2.19. The monoisotopic (exact) mass is 181 g/mol. The number of aromatic nitrogens is 2. The molecule has 13 heavy (non-hydrogen) atoms. The van der Waals surface area contributed by atoms with Gasteiger partial charge in [-0.2, -0.15) is 5.10 Å². The summed E-state index contributed by atoms with van der Waals surface area (Å²) in [5.41, 5.74) is 5.36. The molecule has 0 radical (unpaired) electrons. The molecule has 0 saturated heterocycles. The molecule has 1 aromatic heterocycles. The van der Waals surface area contributed by atoms with Crippen molar-refractivity contribution in [3.05, 3.63) is 24.0 Å². The summed E-state index contributed by atoms with van der Waals surface area (Å²) >= 11 is 0. The molecular weight excluding hydrogens is 170 g/mol. The van der Waals surface area contributed by atoms with Crippen LogP contribution in [0.25, 0.3) is 0 Å². The van der Waals surface area contributed by atoms with Crippen molar-refractivity contribution in [1.29, 1.82) is 0 Å². The zero-order valence-electron chi connectivity index (χ0n) is 7.08. The molecule has 0 spiro atoms. The van der Waals surface area contributed by atoms with Crippen molar-refractivity contribution < 1.29 is 9.90 Å². The van der Waals surface area contributed by atoms with Crippen LogP contribution in [0, 0.1) is 0 Å². The van der Waals surface area contributed by atoms with Crippen LogP contribution in [-0.4, -0.2) is 21.2 Å². The minimum Gasteiger partial charge on any atom is -0.504 e. The van der Waals surface area contributed by atoms with Gasteiger partial charge in [-0.25, -0.2) is 0 Å². The summed E-state index contributed by atoms with van der Waals surface area (Å²) in [5.74, 6) is -0.871. The van der Waals surface area contributed by atoms with Gasteiger partial charge >= 0.3 is 0 Å². The lowest BCUT2D eigenvalue weighted by Gasteiger charge is -1.93. The lowest BCUT2D eigenvalue weighted by Crippen LogP contribution is -2.11. The molecule has 0 atom stereocenters. The summed E-state index contributed by atoms with van der Waals surface area (Å²) in [6, 6.07) is 0. The van der Waals surface area contributed by atoms with E-state index in [4.69, 9.17) is 5.73 Å². The van der Waals surface area contributed by atoms with E-state index in [1.807, 2.05) is 0 Å². The molecule has 1 aromatic rings. The number of carbonyl (C=O) groups excluding carboxylic acids is 1. The summed E-state index contributed by atoms with van der Waals surface area (Å²) in [7, 11) is 0. The second-order valence-corrected chi connectivity index (χ2v) is 2.59. The molecule has 70 valence electrons. The minimum absolute atomic E-state index is 0.0425. The van der Waals surface area contributed by atoms with Crippen LogP contribution in [0.15, 0.2) is 12.7 Å². The standard InChI is InChI=1S/C8H11N3O2/c1-2-3-4-5-7(12)6(8(9)13)11-10-5/h2,12H,1,3-4H2,(H2,9,13)(H,10,11). The number of nitrogens with one attached hydrogen (secondary N) is 1. The maximum atomic E-state index is 10.7. The van der Waals surface area contributed by atoms with Crippen LogP contribution in [0.4, 0.5) is 0 Å². The van der Waals surface area contributed by atoms with Gasteiger partial charge in [-0.3, -0.25) is 9.89 Å². The third kappa shape index (κ3) is 1.87. The molecule has 5 nitrogen and oxygen atoms in total. The number of amides is 1. The van der Waals surface area contributed by atoms with Crippen molar-refractivity contribution in [3.8, 4) is 5.75 Å². The van der Waals surface area contributed by atoms with Gasteiger partial charge in [0.15, 0.2) is 11.4 Å². The number of primary amides is 1. The Balaban J connectivity index is 2.86. The van der Waals surface area contributed by atoms with Crippen molar-refractivity contribution in [3.63, 3.8) is 0 Å². The number of aromatic hydroxyl groups is 1. The Bertz CT molecular complexity index is 330. The molecule has 1 rings (SSSR count). The first-order valence-corrected chi connectivity index (χ1v) is 3.83. The average molecular weight is 181 g/mol. The van der Waals surface area contributed by atoms with E-state index >= 15 is 0 Å². The van der Waals surface area contributed by atoms with Gasteiger partial charge in [0.05, 0.1) is 0 Å². The lowest BCUT2D eigenvalue weighted by molar-refractivity contribution is 0.0993. The van der Waals surface area contributed by atoms with Crippen molar-refractivity contribution in [2.45, 2.75) is 12.8 Å². The molecule has 0 saturated carbocycles. The molecule has 0 bridgehead atoms. The summed E-state index contributed by atoms with van der Waals surface area (Å²) in [5, 5.41) is 15.5. The molecule has 0 aliphatic carbocycles. The predicted molar refractivity (Wildman–Crippen MR) is 47.3 cm³/mol. The average Bonchev–Trinajstić information content (AvgIpc) is 2.43. The van der Waals surface area contributed by atoms with E-state index in [1.165, 1.54) is 0 Å². The van der Waals surface area contributed by atoms with Crippen LogP contribution in [0.1, 0.15) is 22.6 Å². The third-order valence-corrected chi connectivity index (χ3v) is 1.64. The fraction of sp³-hybridized carbons (Fsp3) is 0.250. The van der Waals surface area contributed by atoms with Crippen molar-refractivity contribution >= 4 is 5.91 Å². The maximum Gasteiger partial charge on any atom is 0.270 e. The zero-order chi connectivity index (χ0) is 9.84. The van der Waals surface area contributed by atoms with Crippen molar-refractivity contribution in [2.75, 3.05) is 0 Å². The molecule has 0 fully saturated rings. The second-order valence-electron chi connectivity index (χ2n) is 2.59. The van der Waals surface area contributed by atoms with Gasteiger partial charge < -0.3 is 10.8 Å². The highest BCUT2D eigenvalue weighted by molar-refractivity contribution is 5.93. The Kier molecular flexibility index (Phi) is 2.69. The zero-order valence-corrected chi connectivity index (χ0v) is 7.08. The topological polar surface area (TPSA) is 92.0 Å². The van der Waals surface area contributed by atoms with Gasteiger partial charge in [0.25, 0.3) is 5.91 Å². The summed E-state index contributed by atoms with van der Waals surface area (Å²) in [6.07, 6.45) is 2.94. The number of rotatable bonds is 4. The van der Waals surface area contributed by atoms with E-state index in [2.05, 4.69) is 16.8 Å². The van der Waals surface area contributed by atoms with Gasteiger partial charge in [-0.05, 0) is 12.8 Å². The fourth-order valence-corrected chi connectivity index (χ4v) is 0.958. The highest BCUT2D eigenvalue weighted by atomic mass is 16.3. The van der Waals surface area contributed by atoms with Gasteiger partial charge in [0, 0.05) is 0 Å². The largest absolute Gasteiger partial charge is 0.504 e. The molecule has 0 aliphatic rings. The molecule has 1 heterocycles. The Labute approximate surface area is 75.3 Å². The Hall–Kier alpha value is -1.78. The lowest BCUT2D eigenvalue weighted by atomic mass is 10.2. The van der Waals surface area contributed by atoms with Crippen LogP contribution >= 0.6 is 0 Å². The molecule has 1 amide bonds. The van der Waals surface area contributed by atoms with E-state index in [-0.39, 0.29) is 11.4 Å². The number of aryl methyl sites for hydroxylation is 1. The number of hydrogen-bond acceptors (Lipinski definition) is 3. The molecule has 0 unspecified atom stereocenters. The first kappa shape index (κ1) is 9.31. The molecule has 0 aromatic carbocycles. The van der Waals surface area contributed by atoms with E-state index in [9.17, 15) is 9.90 Å². The Morgan fingerprint density at radius 3 is 2.92 bits per heavy atom. The normalized spacial score (nSPS) is 9.85. The van der Waals surface area contributed by atoms with Gasteiger partial charge in [0.2, 0.25) is 0 Å². The van der Waals surface area contributed by atoms with E-state index < -0.39 is 5.91 Å². The second kappa shape index (κ2) is 3.75. The number of nitrogens with zero attached hydrogens (tertiary/aromatic N) is 1.